The number of allylic oxidation sites excluding steroid dienone is 3. The third-order valence-corrected chi connectivity index (χ3v) is 5.90. The zero-order chi connectivity index (χ0) is 23.9. The van der Waals surface area contributed by atoms with E-state index in [0.717, 1.165) is 40.4 Å². The van der Waals surface area contributed by atoms with Gasteiger partial charge in [0.25, 0.3) is 5.91 Å². The van der Waals surface area contributed by atoms with Crippen molar-refractivity contribution in [1.82, 2.24) is 0 Å². The molecular weight excluding hydrogens is 422 g/mol. The van der Waals surface area contributed by atoms with Crippen LogP contribution in [0.5, 0.6) is 11.5 Å². The van der Waals surface area contributed by atoms with Crippen molar-refractivity contribution in [3.05, 3.63) is 119 Å². The number of ether oxygens (including phenoxy) is 2. The number of carbonyl (C=O) groups excluding carboxylic acids is 1. The van der Waals surface area contributed by atoms with Crippen molar-refractivity contribution in [3.63, 3.8) is 0 Å². The Morgan fingerprint density at radius 3 is 2.06 bits per heavy atom. The van der Waals surface area contributed by atoms with Gasteiger partial charge in [-0.1, -0.05) is 60.2 Å². The van der Waals surface area contributed by atoms with E-state index in [1.54, 1.807) is 25.2 Å². The Hall–Kier alpha value is -4.05. The predicted molar refractivity (Wildman–Crippen MR) is 138 cm³/mol. The average molecular weight is 452 g/mol. The number of hydrogen-bond donors (Lipinski definition) is 0. The summed E-state index contributed by atoms with van der Waals surface area (Å²) in [7, 11) is 3.32. The van der Waals surface area contributed by atoms with Gasteiger partial charge in [0.2, 0.25) is 0 Å². The Morgan fingerprint density at radius 1 is 0.824 bits per heavy atom. The molecule has 1 heterocycles. The number of rotatable bonds is 6. The van der Waals surface area contributed by atoms with E-state index in [1.807, 2.05) is 85.8 Å². The van der Waals surface area contributed by atoms with Crippen LogP contribution in [0.25, 0.3) is 6.08 Å². The molecule has 1 amide bonds. The van der Waals surface area contributed by atoms with Gasteiger partial charge in [-0.2, -0.15) is 0 Å². The fourth-order valence-electron chi connectivity index (χ4n) is 3.95. The Bertz CT molecular complexity index is 1200. The third kappa shape index (κ3) is 5.46. The summed E-state index contributed by atoms with van der Waals surface area (Å²) in [5.41, 5.74) is 5.00. The molecule has 3 aromatic rings. The van der Waals surface area contributed by atoms with Crippen molar-refractivity contribution in [2.24, 2.45) is 0 Å². The van der Waals surface area contributed by atoms with Gasteiger partial charge in [-0.3, -0.25) is 9.69 Å². The number of aryl methyl sites for hydroxylation is 1. The number of nitrogens with zero attached hydrogens (tertiary/aromatic N) is 1. The van der Waals surface area contributed by atoms with Crippen LogP contribution in [0.15, 0.2) is 103 Å². The van der Waals surface area contributed by atoms with Gasteiger partial charge in [0.15, 0.2) is 0 Å². The van der Waals surface area contributed by atoms with Crippen LogP contribution in [0.2, 0.25) is 0 Å². The van der Waals surface area contributed by atoms with E-state index < -0.39 is 0 Å². The lowest BCUT2D eigenvalue weighted by atomic mass is 9.92. The normalized spacial score (nSPS) is 18.7. The smallest absolute Gasteiger partial charge is 0.255 e. The fourth-order valence-corrected chi connectivity index (χ4v) is 3.95. The second-order valence-corrected chi connectivity index (χ2v) is 8.22. The second kappa shape index (κ2) is 10.7. The number of amides is 1. The first kappa shape index (κ1) is 23.1. The summed E-state index contributed by atoms with van der Waals surface area (Å²) in [5, 5.41) is 0. The molecule has 1 aliphatic heterocycles. The van der Waals surface area contributed by atoms with E-state index in [1.165, 1.54) is 5.56 Å². The van der Waals surface area contributed by atoms with Crippen molar-refractivity contribution in [3.8, 4) is 11.5 Å². The molecule has 4 rings (SSSR count). The van der Waals surface area contributed by atoms with Crippen LogP contribution in [0.1, 0.15) is 29.0 Å². The standard InChI is InChI=1S/C30H29NO3/c1-22-7-14-26(15-8-22)31-27(16-9-23-10-17-28(33-2)18-11-23)21-25(5-4-6-30(31)32)24-12-19-29(34-3)20-13-24/h4,6-21,25H,5H2,1-3H3/b6-4-,16-9+,27-21-. The molecule has 1 unspecified atom stereocenters. The lowest BCUT2D eigenvalue weighted by Crippen LogP contribution is -2.29. The molecule has 0 aromatic heterocycles. The molecule has 172 valence electrons. The molecule has 4 heteroatoms. The van der Waals surface area contributed by atoms with E-state index >= 15 is 0 Å². The molecule has 34 heavy (non-hydrogen) atoms. The third-order valence-electron chi connectivity index (χ3n) is 5.90. The van der Waals surface area contributed by atoms with Gasteiger partial charge in [-0.25, -0.2) is 0 Å². The first-order valence-electron chi connectivity index (χ1n) is 11.3. The van der Waals surface area contributed by atoms with E-state index in [2.05, 4.69) is 18.2 Å². The summed E-state index contributed by atoms with van der Waals surface area (Å²) in [6.07, 6.45) is 10.6. The highest BCUT2D eigenvalue weighted by Crippen LogP contribution is 2.31. The molecular formula is C30H29NO3. The number of benzene rings is 3. The van der Waals surface area contributed by atoms with Crippen LogP contribution < -0.4 is 14.4 Å². The molecule has 0 fully saturated rings. The molecule has 0 radical (unpaired) electrons. The Balaban J connectivity index is 1.77. The maximum absolute atomic E-state index is 13.2. The molecule has 0 N–H and O–H groups in total. The molecule has 4 nitrogen and oxygen atoms in total. The number of methoxy groups -OCH3 is 2. The van der Waals surface area contributed by atoms with Gasteiger partial charge in [-0.15, -0.1) is 0 Å². The first-order valence-corrected chi connectivity index (χ1v) is 11.3. The quantitative estimate of drug-likeness (QED) is 0.419. The molecule has 0 spiro atoms. The number of carbonyl (C=O) groups is 1. The van der Waals surface area contributed by atoms with Gasteiger partial charge >= 0.3 is 0 Å². The van der Waals surface area contributed by atoms with Crippen LogP contribution in [0.3, 0.4) is 0 Å². The minimum Gasteiger partial charge on any atom is -0.497 e. The van der Waals surface area contributed by atoms with Crippen LogP contribution in [-0.4, -0.2) is 20.1 Å². The average Bonchev–Trinajstić information content (AvgIpc) is 2.87. The van der Waals surface area contributed by atoms with Crippen LogP contribution in [-0.2, 0) is 4.79 Å². The summed E-state index contributed by atoms with van der Waals surface area (Å²) >= 11 is 0. The van der Waals surface area contributed by atoms with Gasteiger partial charge in [0, 0.05) is 17.3 Å². The lowest BCUT2D eigenvalue weighted by molar-refractivity contribution is -0.113. The molecule has 1 aliphatic rings. The second-order valence-electron chi connectivity index (χ2n) is 8.22. The SMILES string of the molecule is COc1ccc(/C=C/C2=C/C(c3ccc(OC)cc3)C/C=C\C(=O)N2c2ccc(C)cc2)cc1. The molecule has 0 bridgehead atoms. The first-order chi connectivity index (χ1) is 16.6. The fraction of sp³-hybridized carbons (Fsp3) is 0.167. The maximum atomic E-state index is 13.2. The van der Waals surface area contributed by atoms with Crippen molar-refractivity contribution in [2.75, 3.05) is 19.1 Å². The van der Waals surface area contributed by atoms with E-state index in [0.29, 0.717) is 0 Å². The van der Waals surface area contributed by atoms with E-state index in [9.17, 15) is 4.79 Å². The lowest BCUT2D eigenvalue weighted by Gasteiger charge is -2.26. The zero-order valence-corrected chi connectivity index (χ0v) is 19.8. The summed E-state index contributed by atoms with van der Waals surface area (Å²) < 4.78 is 10.6. The van der Waals surface area contributed by atoms with Crippen LogP contribution >= 0.6 is 0 Å². The maximum Gasteiger partial charge on any atom is 0.255 e. The van der Waals surface area contributed by atoms with Crippen molar-refractivity contribution in [1.29, 1.82) is 0 Å². The predicted octanol–water partition coefficient (Wildman–Crippen LogP) is 6.69. The molecule has 0 aliphatic carbocycles. The molecule has 3 aromatic carbocycles. The minimum absolute atomic E-state index is 0.0670. The van der Waals surface area contributed by atoms with Gasteiger partial charge in [-0.05, 0) is 73.0 Å². The monoisotopic (exact) mass is 451 g/mol. The van der Waals surface area contributed by atoms with Crippen LogP contribution in [0, 0.1) is 6.92 Å². The van der Waals surface area contributed by atoms with Crippen molar-refractivity contribution >= 4 is 17.7 Å². The summed E-state index contributed by atoms with van der Waals surface area (Å²) in [5.74, 6) is 1.68. The van der Waals surface area contributed by atoms with Gasteiger partial charge in [0.05, 0.1) is 14.2 Å². The van der Waals surface area contributed by atoms with Gasteiger partial charge in [0.1, 0.15) is 11.5 Å². The molecule has 0 saturated heterocycles. The summed E-state index contributed by atoms with van der Waals surface area (Å²) in [6.45, 7) is 2.04. The van der Waals surface area contributed by atoms with E-state index in [4.69, 9.17) is 9.47 Å². The van der Waals surface area contributed by atoms with Gasteiger partial charge < -0.3 is 9.47 Å². The van der Waals surface area contributed by atoms with Crippen molar-refractivity contribution in [2.45, 2.75) is 19.3 Å². The largest absolute Gasteiger partial charge is 0.497 e. The summed E-state index contributed by atoms with van der Waals surface area (Å²) in [6, 6.07) is 24.0. The Labute approximate surface area is 201 Å². The minimum atomic E-state index is -0.0670. The molecule has 0 saturated carbocycles. The van der Waals surface area contributed by atoms with Crippen molar-refractivity contribution < 1.29 is 14.3 Å². The van der Waals surface area contributed by atoms with Crippen LogP contribution in [0.4, 0.5) is 5.69 Å². The summed E-state index contributed by atoms with van der Waals surface area (Å²) in [4.78, 5) is 15.0. The van der Waals surface area contributed by atoms with E-state index in [-0.39, 0.29) is 11.8 Å². The highest BCUT2D eigenvalue weighted by Gasteiger charge is 2.21. The zero-order valence-electron chi connectivity index (χ0n) is 19.8. The number of anilines is 1. The molecule has 1 atom stereocenters. The topological polar surface area (TPSA) is 38.8 Å². The Morgan fingerprint density at radius 2 is 1.44 bits per heavy atom. The Kier molecular flexibility index (Phi) is 7.28. The highest BCUT2D eigenvalue weighted by molar-refractivity contribution is 6.04. The highest BCUT2D eigenvalue weighted by atomic mass is 16.5. The number of hydrogen-bond acceptors (Lipinski definition) is 3.